The molecule has 1 aromatic rings. The van der Waals surface area contributed by atoms with Crippen LogP contribution in [0.15, 0.2) is 35.3 Å². The Bertz CT molecular complexity index is 512. The average Bonchev–Trinajstić information content (AvgIpc) is 2.68. The van der Waals surface area contributed by atoms with E-state index in [-0.39, 0.29) is 0 Å². The van der Waals surface area contributed by atoms with Crippen molar-refractivity contribution in [2.24, 2.45) is 10.7 Å². The van der Waals surface area contributed by atoms with Gasteiger partial charge in [-0.1, -0.05) is 24.3 Å². The Hall–Kier alpha value is -2.17. The molecule has 0 unspecified atom stereocenters. The van der Waals surface area contributed by atoms with Crippen LogP contribution in [0.5, 0.6) is 11.5 Å². The highest BCUT2D eigenvalue weighted by molar-refractivity contribution is 5.78. The Morgan fingerprint density at radius 1 is 1.40 bits per heavy atom. The minimum Gasteiger partial charge on any atom is -0.490 e. The van der Waals surface area contributed by atoms with Gasteiger partial charge in [-0.3, -0.25) is 0 Å². The first kappa shape index (κ1) is 14.2. The van der Waals surface area contributed by atoms with E-state index in [1.807, 2.05) is 25.1 Å². The van der Waals surface area contributed by atoms with Crippen LogP contribution in [0.4, 0.5) is 0 Å². The lowest BCUT2D eigenvalue weighted by Crippen LogP contribution is -2.32. The topological polar surface area (TPSA) is 68.9 Å². The van der Waals surface area contributed by atoms with Gasteiger partial charge in [0.05, 0.1) is 19.8 Å². The van der Waals surface area contributed by atoms with Crippen LogP contribution in [0.1, 0.15) is 18.9 Å². The molecule has 0 saturated carbocycles. The van der Waals surface area contributed by atoms with Crippen LogP contribution in [0.2, 0.25) is 0 Å². The molecule has 0 spiro atoms. The smallest absolute Gasteiger partial charge is 0.189 e. The molecule has 0 atom stereocenters. The molecule has 0 bridgehead atoms. The number of para-hydroxylation sites is 1. The minimum absolute atomic E-state index is 0.403. The Kier molecular flexibility index (Phi) is 4.87. The molecule has 2 rings (SSSR count). The molecule has 0 aliphatic carbocycles. The normalized spacial score (nSPS) is 14.6. The van der Waals surface area contributed by atoms with E-state index in [9.17, 15) is 0 Å². The van der Waals surface area contributed by atoms with Gasteiger partial charge in [0.2, 0.25) is 0 Å². The standard InChI is InChI=1S/C15H21N3O2/c1-11(2)9-17-15(16)18-10-12-5-3-6-13-14(12)20-8-4-7-19-13/h3,5-6H,1,4,7-10H2,2H3,(H3,16,17,18). The van der Waals surface area contributed by atoms with Gasteiger partial charge in [0.25, 0.3) is 0 Å². The van der Waals surface area contributed by atoms with E-state index in [0.29, 0.717) is 32.3 Å². The van der Waals surface area contributed by atoms with Gasteiger partial charge in [-0.2, -0.15) is 0 Å². The minimum atomic E-state index is 0.403. The van der Waals surface area contributed by atoms with Gasteiger partial charge in [-0.15, -0.1) is 0 Å². The molecule has 5 heteroatoms. The Morgan fingerprint density at radius 3 is 3.00 bits per heavy atom. The molecule has 20 heavy (non-hydrogen) atoms. The summed E-state index contributed by atoms with van der Waals surface area (Å²) in [5.41, 5.74) is 7.79. The van der Waals surface area contributed by atoms with Crippen molar-refractivity contribution in [1.29, 1.82) is 0 Å². The molecule has 0 amide bonds. The molecular formula is C15H21N3O2. The van der Waals surface area contributed by atoms with Crippen molar-refractivity contribution in [1.82, 2.24) is 5.32 Å². The molecule has 3 N–H and O–H groups in total. The molecule has 0 fully saturated rings. The SMILES string of the molecule is C=C(C)CNC(N)=NCc1cccc2c1OCCCO2. The molecule has 1 aliphatic heterocycles. The average molecular weight is 275 g/mol. The number of fused-ring (bicyclic) bond motifs is 1. The van der Waals surface area contributed by atoms with Crippen molar-refractivity contribution in [2.75, 3.05) is 19.8 Å². The number of benzene rings is 1. The van der Waals surface area contributed by atoms with Gasteiger partial charge in [0, 0.05) is 18.5 Å². The summed E-state index contributed by atoms with van der Waals surface area (Å²) in [5, 5.41) is 3.00. The van der Waals surface area contributed by atoms with Gasteiger partial charge in [-0.25, -0.2) is 4.99 Å². The highest BCUT2D eigenvalue weighted by Crippen LogP contribution is 2.33. The fourth-order valence-corrected chi connectivity index (χ4v) is 1.85. The van der Waals surface area contributed by atoms with Crippen LogP contribution in [0.3, 0.4) is 0 Å². The fraction of sp³-hybridized carbons (Fsp3) is 0.400. The number of nitrogens with two attached hydrogens (primary N) is 1. The van der Waals surface area contributed by atoms with E-state index in [4.69, 9.17) is 15.2 Å². The number of nitrogens with one attached hydrogen (secondary N) is 1. The maximum atomic E-state index is 5.80. The highest BCUT2D eigenvalue weighted by Gasteiger charge is 2.13. The molecule has 1 aromatic carbocycles. The maximum Gasteiger partial charge on any atom is 0.189 e. The molecule has 0 aromatic heterocycles. The zero-order valence-corrected chi connectivity index (χ0v) is 11.8. The Labute approximate surface area is 119 Å². The van der Waals surface area contributed by atoms with Gasteiger partial charge >= 0.3 is 0 Å². The molecule has 1 heterocycles. The van der Waals surface area contributed by atoms with Crippen LogP contribution in [-0.4, -0.2) is 25.7 Å². The summed E-state index contributed by atoms with van der Waals surface area (Å²) in [6, 6.07) is 5.83. The van der Waals surface area contributed by atoms with Gasteiger partial charge in [-0.05, 0) is 13.0 Å². The number of rotatable bonds is 4. The van der Waals surface area contributed by atoms with E-state index < -0.39 is 0 Å². The van der Waals surface area contributed by atoms with Crippen LogP contribution < -0.4 is 20.5 Å². The Morgan fingerprint density at radius 2 is 2.20 bits per heavy atom. The van der Waals surface area contributed by atoms with Crippen LogP contribution >= 0.6 is 0 Å². The van der Waals surface area contributed by atoms with Gasteiger partial charge in [0.15, 0.2) is 17.5 Å². The summed E-state index contributed by atoms with van der Waals surface area (Å²) in [4.78, 5) is 4.31. The summed E-state index contributed by atoms with van der Waals surface area (Å²) in [6.07, 6.45) is 0.889. The second kappa shape index (κ2) is 6.84. The number of hydrogen-bond donors (Lipinski definition) is 2. The number of nitrogens with zero attached hydrogens (tertiary/aromatic N) is 1. The predicted octanol–water partition coefficient (Wildman–Crippen LogP) is 1.83. The number of ether oxygens (including phenoxy) is 2. The lowest BCUT2D eigenvalue weighted by molar-refractivity contribution is 0.296. The third-order valence-corrected chi connectivity index (χ3v) is 2.84. The second-order valence-corrected chi connectivity index (χ2v) is 4.81. The molecule has 0 saturated heterocycles. The first-order valence-corrected chi connectivity index (χ1v) is 6.72. The number of aliphatic imine (C=N–C) groups is 1. The zero-order valence-electron chi connectivity index (χ0n) is 11.8. The maximum absolute atomic E-state index is 5.80. The van der Waals surface area contributed by atoms with Crippen molar-refractivity contribution < 1.29 is 9.47 Å². The molecule has 1 aliphatic rings. The highest BCUT2D eigenvalue weighted by atomic mass is 16.5. The molecule has 5 nitrogen and oxygen atoms in total. The monoisotopic (exact) mass is 275 g/mol. The van der Waals surface area contributed by atoms with Crippen molar-refractivity contribution >= 4 is 5.96 Å². The van der Waals surface area contributed by atoms with E-state index in [1.54, 1.807) is 0 Å². The fourth-order valence-electron chi connectivity index (χ4n) is 1.85. The van der Waals surface area contributed by atoms with E-state index >= 15 is 0 Å². The largest absolute Gasteiger partial charge is 0.490 e. The Balaban J connectivity index is 2.06. The summed E-state index contributed by atoms with van der Waals surface area (Å²) in [6.45, 7) is 8.17. The van der Waals surface area contributed by atoms with E-state index in [2.05, 4.69) is 16.9 Å². The van der Waals surface area contributed by atoms with Crippen molar-refractivity contribution in [3.63, 3.8) is 0 Å². The van der Waals surface area contributed by atoms with Gasteiger partial charge in [0.1, 0.15) is 0 Å². The molecule has 0 radical (unpaired) electrons. The van der Waals surface area contributed by atoms with Gasteiger partial charge < -0.3 is 20.5 Å². The lowest BCUT2D eigenvalue weighted by atomic mass is 10.2. The van der Waals surface area contributed by atoms with Crippen LogP contribution in [-0.2, 0) is 6.54 Å². The summed E-state index contributed by atoms with van der Waals surface area (Å²) < 4.78 is 11.4. The summed E-state index contributed by atoms with van der Waals surface area (Å²) >= 11 is 0. The van der Waals surface area contributed by atoms with E-state index in [1.165, 1.54) is 0 Å². The quantitative estimate of drug-likeness (QED) is 0.500. The summed E-state index contributed by atoms with van der Waals surface area (Å²) in [5.74, 6) is 1.96. The summed E-state index contributed by atoms with van der Waals surface area (Å²) in [7, 11) is 0. The van der Waals surface area contributed by atoms with Crippen molar-refractivity contribution in [3.8, 4) is 11.5 Å². The van der Waals surface area contributed by atoms with Crippen molar-refractivity contribution in [3.05, 3.63) is 35.9 Å². The molecule has 108 valence electrons. The first-order valence-electron chi connectivity index (χ1n) is 6.72. The second-order valence-electron chi connectivity index (χ2n) is 4.81. The number of guanidine groups is 1. The third-order valence-electron chi connectivity index (χ3n) is 2.84. The van der Waals surface area contributed by atoms with Crippen LogP contribution in [0, 0.1) is 0 Å². The van der Waals surface area contributed by atoms with Crippen LogP contribution in [0.25, 0.3) is 0 Å². The van der Waals surface area contributed by atoms with E-state index in [0.717, 1.165) is 29.1 Å². The zero-order chi connectivity index (χ0) is 14.4. The third kappa shape index (κ3) is 3.91. The predicted molar refractivity (Wildman–Crippen MR) is 80.2 cm³/mol. The molecular weight excluding hydrogens is 254 g/mol. The number of hydrogen-bond acceptors (Lipinski definition) is 3. The van der Waals surface area contributed by atoms with Crippen molar-refractivity contribution in [2.45, 2.75) is 19.9 Å². The first-order chi connectivity index (χ1) is 9.66. The lowest BCUT2D eigenvalue weighted by Gasteiger charge is -2.11.